The fraction of sp³-hybridized carbons (Fsp3) is 0.485. The SMILES string of the molecule is O=C(O)c1ccc2c(C3CCCCC3)c3n(c2c1)CCCn1cc(CNC2CCC(O)CC2)c2cccc-3c21.[HH]. The number of aliphatic hydroxyl groups excluding tert-OH is 1. The molecule has 0 unspecified atom stereocenters. The number of aliphatic hydroxyl groups is 1. The predicted molar refractivity (Wildman–Crippen MR) is 157 cm³/mol. The zero-order chi connectivity index (χ0) is 26.5. The van der Waals surface area contributed by atoms with Crippen LogP contribution in [0.4, 0.5) is 0 Å². The first-order valence-corrected chi connectivity index (χ1v) is 15.0. The summed E-state index contributed by atoms with van der Waals surface area (Å²) in [5.74, 6) is -0.354. The van der Waals surface area contributed by atoms with Crippen LogP contribution in [0.1, 0.15) is 93.0 Å². The number of carboxylic acid groups (broad SMARTS) is 1. The van der Waals surface area contributed by atoms with E-state index in [9.17, 15) is 15.0 Å². The Bertz CT molecular complexity index is 1540. The number of nitrogens with one attached hydrogen (secondary N) is 1. The van der Waals surface area contributed by atoms with Crippen molar-refractivity contribution in [3.63, 3.8) is 0 Å². The molecule has 2 fully saturated rings. The Morgan fingerprint density at radius 1 is 0.949 bits per heavy atom. The van der Waals surface area contributed by atoms with E-state index in [1.807, 2.05) is 6.07 Å². The molecular weight excluding hydrogens is 486 g/mol. The van der Waals surface area contributed by atoms with Crippen LogP contribution in [0.15, 0.2) is 42.6 Å². The van der Waals surface area contributed by atoms with Crippen LogP contribution < -0.4 is 5.32 Å². The highest BCUT2D eigenvalue weighted by atomic mass is 16.4. The Morgan fingerprint density at radius 2 is 1.77 bits per heavy atom. The first-order valence-electron chi connectivity index (χ1n) is 15.0. The normalized spacial score (nSPS) is 22.1. The standard InChI is InChI=1S/C33H39N3O3.H2/c37-25-13-11-24(12-14-25)34-19-23-20-35-16-5-17-36-29-18-22(33(38)39)10-15-27(29)30(21-6-2-1-3-7-21)32(36)28-9-4-8-26(23)31(28)35;/h4,8-10,15,18,20-21,24-25,34,37H,1-3,5-7,11-14,16-17,19H2,(H,38,39);1H. The van der Waals surface area contributed by atoms with E-state index in [4.69, 9.17) is 0 Å². The Hall–Kier alpha value is -3.09. The molecule has 3 aliphatic rings. The van der Waals surface area contributed by atoms with Gasteiger partial charge in [-0.05, 0) is 74.1 Å². The highest BCUT2D eigenvalue weighted by molar-refractivity contribution is 6.03. The van der Waals surface area contributed by atoms with Crippen LogP contribution in [0.25, 0.3) is 33.1 Å². The number of aryl methyl sites for hydroxylation is 2. The third kappa shape index (κ3) is 4.38. The van der Waals surface area contributed by atoms with Crippen LogP contribution in [-0.4, -0.2) is 37.5 Å². The van der Waals surface area contributed by atoms with E-state index in [1.165, 1.54) is 70.8 Å². The number of nitrogens with zero attached hydrogens (tertiary/aromatic N) is 2. The molecule has 3 N–H and O–H groups in total. The van der Waals surface area contributed by atoms with E-state index >= 15 is 0 Å². The molecule has 2 aromatic carbocycles. The van der Waals surface area contributed by atoms with Crippen LogP contribution in [0, 0.1) is 0 Å². The summed E-state index contributed by atoms with van der Waals surface area (Å²) in [5.41, 5.74) is 8.12. The zero-order valence-corrected chi connectivity index (χ0v) is 22.7. The summed E-state index contributed by atoms with van der Waals surface area (Å²) in [6, 6.07) is 13.0. The molecule has 3 heterocycles. The Balaban J connectivity index is 0.00000289. The molecule has 7 rings (SSSR count). The average molecular weight is 528 g/mol. The Morgan fingerprint density at radius 3 is 2.56 bits per heavy atom. The van der Waals surface area contributed by atoms with Crippen molar-refractivity contribution in [3.05, 3.63) is 59.3 Å². The second-order valence-electron chi connectivity index (χ2n) is 12.1. The minimum Gasteiger partial charge on any atom is -0.478 e. The summed E-state index contributed by atoms with van der Waals surface area (Å²) >= 11 is 0. The van der Waals surface area contributed by atoms with Crippen LogP contribution in [0.5, 0.6) is 0 Å². The van der Waals surface area contributed by atoms with Crippen molar-refractivity contribution in [1.29, 1.82) is 0 Å². The van der Waals surface area contributed by atoms with Gasteiger partial charge in [0.1, 0.15) is 0 Å². The molecule has 1 aliphatic heterocycles. The maximum atomic E-state index is 11.9. The van der Waals surface area contributed by atoms with Crippen LogP contribution in [-0.2, 0) is 19.6 Å². The second-order valence-corrected chi connectivity index (χ2v) is 12.1. The van der Waals surface area contributed by atoms with Gasteiger partial charge in [0.2, 0.25) is 0 Å². The molecule has 0 amide bonds. The van der Waals surface area contributed by atoms with Gasteiger partial charge in [-0.2, -0.15) is 0 Å². The molecule has 6 nitrogen and oxygen atoms in total. The molecule has 206 valence electrons. The molecule has 2 saturated carbocycles. The average Bonchev–Trinajstić information content (AvgIpc) is 3.47. The molecular formula is C33H41N3O3. The number of fused-ring (bicyclic) bond motifs is 4. The van der Waals surface area contributed by atoms with Gasteiger partial charge in [0.15, 0.2) is 0 Å². The number of hydrogen-bond acceptors (Lipinski definition) is 3. The summed E-state index contributed by atoms with van der Waals surface area (Å²) in [6.45, 7) is 2.67. The maximum absolute atomic E-state index is 11.9. The summed E-state index contributed by atoms with van der Waals surface area (Å²) in [5, 5.41) is 26.0. The van der Waals surface area contributed by atoms with Crippen molar-refractivity contribution in [3.8, 4) is 11.3 Å². The van der Waals surface area contributed by atoms with E-state index in [0.717, 1.165) is 57.3 Å². The Labute approximate surface area is 231 Å². The highest BCUT2D eigenvalue weighted by Crippen LogP contribution is 2.47. The van der Waals surface area contributed by atoms with Gasteiger partial charge in [-0.15, -0.1) is 0 Å². The molecule has 6 heteroatoms. The van der Waals surface area contributed by atoms with Crippen molar-refractivity contribution in [2.75, 3.05) is 0 Å². The fourth-order valence-corrected chi connectivity index (χ4v) is 7.71. The molecule has 0 spiro atoms. The zero-order valence-electron chi connectivity index (χ0n) is 22.7. The quantitative estimate of drug-likeness (QED) is 0.260. The summed E-state index contributed by atoms with van der Waals surface area (Å²) in [4.78, 5) is 11.9. The van der Waals surface area contributed by atoms with Gasteiger partial charge in [-0.1, -0.05) is 43.5 Å². The predicted octanol–water partition coefficient (Wildman–Crippen LogP) is 7.05. The summed E-state index contributed by atoms with van der Waals surface area (Å²) in [7, 11) is 0. The van der Waals surface area contributed by atoms with Gasteiger partial charge in [-0.25, -0.2) is 4.79 Å². The lowest BCUT2D eigenvalue weighted by molar-refractivity contribution is 0.0697. The van der Waals surface area contributed by atoms with Crippen molar-refractivity contribution in [2.45, 2.75) is 102 Å². The first-order chi connectivity index (χ1) is 19.1. The first kappa shape index (κ1) is 24.9. The van der Waals surface area contributed by atoms with Crippen molar-refractivity contribution < 1.29 is 16.4 Å². The largest absolute Gasteiger partial charge is 0.478 e. The number of carboxylic acids is 1. The number of aromatic nitrogens is 2. The lowest BCUT2D eigenvalue weighted by Gasteiger charge is -2.26. The number of para-hydroxylation sites is 1. The molecule has 2 aliphatic carbocycles. The van der Waals surface area contributed by atoms with Gasteiger partial charge in [0, 0.05) is 55.2 Å². The summed E-state index contributed by atoms with van der Waals surface area (Å²) in [6.07, 6.45) is 13.3. The third-order valence-corrected chi connectivity index (χ3v) is 9.66. The molecule has 4 aromatic rings. The van der Waals surface area contributed by atoms with Gasteiger partial charge in [0.25, 0.3) is 0 Å². The Kier molecular flexibility index (Phi) is 6.48. The van der Waals surface area contributed by atoms with Crippen LogP contribution in [0.2, 0.25) is 0 Å². The number of aromatic carboxylic acids is 1. The van der Waals surface area contributed by atoms with Gasteiger partial charge in [-0.3, -0.25) is 0 Å². The van der Waals surface area contributed by atoms with E-state index in [0.29, 0.717) is 17.5 Å². The number of rotatable bonds is 5. The smallest absolute Gasteiger partial charge is 0.335 e. The lowest BCUT2D eigenvalue weighted by atomic mass is 9.81. The summed E-state index contributed by atoms with van der Waals surface area (Å²) < 4.78 is 4.92. The van der Waals surface area contributed by atoms with Crippen molar-refractivity contribution >= 4 is 27.8 Å². The van der Waals surface area contributed by atoms with E-state index in [1.54, 1.807) is 6.07 Å². The molecule has 2 aromatic heterocycles. The number of benzene rings is 2. The van der Waals surface area contributed by atoms with Crippen LogP contribution in [0.3, 0.4) is 0 Å². The topological polar surface area (TPSA) is 79.4 Å². The minimum absolute atomic E-state index is 0. The number of hydrogen-bond donors (Lipinski definition) is 3. The monoisotopic (exact) mass is 527 g/mol. The minimum atomic E-state index is -0.863. The van der Waals surface area contributed by atoms with Crippen LogP contribution >= 0.6 is 0 Å². The lowest BCUT2D eigenvalue weighted by Crippen LogP contribution is -2.34. The maximum Gasteiger partial charge on any atom is 0.335 e. The fourth-order valence-electron chi connectivity index (χ4n) is 7.71. The van der Waals surface area contributed by atoms with E-state index in [2.05, 4.69) is 44.9 Å². The third-order valence-electron chi connectivity index (χ3n) is 9.66. The second kappa shape index (κ2) is 10.1. The highest BCUT2D eigenvalue weighted by Gasteiger charge is 2.29. The van der Waals surface area contributed by atoms with Crippen molar-refractivity contribution in [1.82, 2.24) is 14.5 Å². The molecule has 0 bridgehead atoms. The molecule has 0 saturated heterocycles. The molecule has 39 heavy (non-hydrogen) atoms. The van der Waals surface area contributed by atoms with E-state index in [-0.39, 0.29) is 7.53 Å². The van der Waals surface area contributed by atoms with Gasteiger partial charge >= 0.3 is 5.97 Å². The number of carbonyl (C=O) groups is 1. The molecule has 0 radical (unpaired) electrons. The molecule has 0 atom stereocenters. The van der Waals surface area contributed by atoms with Gasteiger partial charge < -0.3 is 24.7 Å². The van der Waals surface area contributed by atoms with Gasteiger partial charge in [0.05, 0.1) is 22.9 Å². The van der Waals surface area contributed by atoms with E-state index < -0.39 is 5.97 Å². The van der Waals surface area contributed by atoms with Crippen molar-refractivity contribution in [2.24, 2.45) is 0 Å².